The number of sulfonamides is 1. The van der Waals surface area contributed by atoms with Crippen molar-refractivity contribution in [2.75, 3.05) is 17.4 Å². The largest absolute Gasteiger partial charge is 0.354 e. The first-order valence-electron chi connectivity index (χ1n) is 11.4. The monoisotopic (exact) mass is 490 g/mol. The third kappa shape index (κ3) is 5.69. The lowest BCUT2D eigenvalue weighted by Crippen LogP contribution is -2.42. The zero-order valence-electron chi connectivity index (χ0n) is 19.4. The Morgan fingerprint density at radius 1 is 0.886 bits per heavy atom. The lowest BCUT2D eigenvalue weighted by Gasteiger charge is -2.25. The van der Waals surface area contributed by atoms with E-state index in [9.17, 15) is 17.6 Å². The molecule has 1 unspecified atom stereocenters. The van der Waals surface area contributed by atoms with Gasteiger partial charge in [-0.3, -0.25) is 9.10 Å². The highest BCUT2D eigenvalue weighted by molar-refractivity contribution is 7.92. The van der Waals surface area contributed by atoms with Crippen LogP contribution in [-0.4, -0.2) is 27.4 Å². The Balaban J connectivity index is 1.48. The highest BCUT2D eigenvalue weighted by atomic mass is 32.2. The molecule has 35 heavy (non-hydrogen) atoms. The first-order chi connectivity index (χ1) is 16.9. The number of carbonyl (C=O) groups excluding carboxylic acids is 1. The number of nitrogens with one attached hydrogen (secondary N) is 1. The quantitative estimate of drug-likeness (QED) is 0.352. The van der Waals surface area contributed by atoms with Gasteiger partial charge in [0, 0.05) is 6.54 Å². The Kier molecular flexibility index (Phi) is 7.46. The molecular formula is C28H27FN2O3S. The molecule has 0 bridgehead atoms. The van der Waals surface area contributed by atoms with Crippen molar-refractivity contribution in [3.63, 3.8) is 0 Å². The summed E-state index contributed by atoms with van der Waals surface area (Å²) in [6, 6.07) is 27.6. The van der Waals surface area contributed by atoms with Crippen molar-refractivity contribution in [2.45, 2.75) is 18.2 Å². The summed E-state index contributed by atoms with van der Waals surface area (Å²) < 4.78 is 42.0. The van der Waals surface area contributed by atoms with Crippen LogP contribution in [0.25, 0.3) is 10.8 Å². The Labute approximate surface area is 205 Å². The minimum absolute atomic E-state index is 0.0135. The van der Waals surface area contributed by atoms with E-state index >= 15 is 0 Å². The smallest absolute Gasteiger partial charge is 0.264 e. The number of nitrogens with zero attached hydrogens (tertiary/aromatic N) is 1. The molecule has 1 amide bonds. The number of amides is 1. The minimum atomic E-state index is -4.15. The third-order valence-electron chi connectivity index (χ3n) is 5.84. The maximum absolute atomic E-state index is 14.6. The Morgan fingerprint density at radius 2 is 1.54 bits per heavy atom. The molecule has 5 nitrogen and oxygen atoms in total. The van der Waals surface area contributed by atoms with Crippen molar-refractivity contribution < 1.29 is 17.6 Å². The molecule has 4 rings (SSSR count). The predicted molar refractivity (Wildman–Crippen MR) is 137 cm³/mol. The van der Waals surface area contributed by atoms with Crippen LogP contribution in [0.3, 0.4) is 0 Å². The summed E-state index contributed by atoms with van der Waals surface area (Å²) in [6.45, 7) is 1.86. The van der Waals surface area contributed by atoms with Gasteiger partial charge < -0.3 is 5.32 Å². The number of fused-ring (bicyclic) bond motifs is 1. The van der Waals surface area contributed by atoms with Gasteiger partial charge in [-0.05, 0) is 52.9 Å². The number of anilines is 1. The number of carbonyl (C=O) groups is 1. The van der Waals surface area contributed by atoms with E-state index in [-0.39, 0.29) is 16.5 Å². The first-order valence-corrected chi connectivity index (χ1v) is 12.9. The van der Waals surface area contributed by atoms with E-state index in [1.165, 1.54) is 47.3 Å². The fraction of sp³-hybridized carbons (Fsp3) is 0.179. The summed E-state index contributed by atoms with van der Waals surface area (Å²) in [7, 11) is -4.15. The third-order valence-corrected chi connectivity index (χ3v) is 7.61. The maximum atomic E-state index is 14.6. The standard InChI is InChI=1S/C28H27FN2O3S/c1-21(18-23-12-9-11-22-10-5-6-15-25(22)23)19-30-28(32)20-31(27-17-8-7-16-26(27)29)35(33,34)24-13-3-2-4-14-24/h2-17,21H,18-20H2,1H3,(H,30,32). The normalized spacial score (nSPS) is 12.3. The maximum Gasteiger partial charge on any atom is 0.264 e. The molecule has 0 aliphatic heterocycles. The van der Waals surface area contributed by atoms with Gasteiger partial charge in [0.05, 0.1) is 10.6 Å². The van der Waals surface area contributed by atoms with Gasteiger partial charge in [-0.2, -0.15) is 0 Å². The van der Waals surface area contributed by atoms with Crippen molar-refractivity contribution in [3.05, 3.63) is 108 Å². The summed E-state index contributed by atoms with van der Waals surface area (Å²) in [4.78, 5) is 12.8. The number of hydrogen-bond donors (Lipinski definition) is 1. The van der Waals surface area contributed by atoms with Crippen LogP contribution in [0.5, 0.6) is 0 Å². The molecule has 0 aliphatic rings. The summed E-state index contributed by atoms with van der Waals surface area (Å²) >= 11 is 0. The molecule has 0 spiro atoms. The van der Waals surface area contributed by atoms with E-state index in [0.29, 0.717) is 6.54 Å². The molecule has 0 heterocycles. The summed E-state index contributed by atoms with van der Waals surface area (Å²) in [5.74, 6) is -1.11. The van der Waals surface area contributed by atoms with Crippen LogP contribution in [0.15, 0.2) is 102 Å². The van der Waals surface area contributed by atoms with Crippen LogP contribution in [0.2, 0.25) is 0 Å². The van der Waals surface area contributed by atoms with Gasteiger partial charge in [-0.15, -0.1) is 0 Å². The van der Waals surface area contributed by atoms with Gasteiger partial charge in [0.15, 0.2) is 0 Å². The Morgan fingerprint density at radius 3 is 2.31 bits per heavy atom. The van der Waals surface area contributed by atoms with E-state index in [2.05, 4.69) is 29.6 Å². The molecular weight excluding hydrogens is 463 g/mol. The fourth-order valence-corrected chi connectivity index (χ4v) is 5.52. The lowest BCUT2D eigenvalue weighted by atomic mass is 9.96. The highest BCUT2D eigenvalue weighted by Gasteiger charge is 2.29. The summed E-state index contributed by atoms with van der Waals surface area (Å²) in [5.41, 5.74) is 1.01. The first kappa shape index (κ1) is 24.4. The number of benzene rings is 4. The molecule has 0 aliphatic carbocycles. The summed E-state index contributed by atoms with van der Waals surface area (Å²) in [6.07, 6.45) is 0.751. The SMILES string of the molecule is CC(CNC(=O)CN(c1ccccc1F)S(=O)(=O)c1ccccc1)Cc1cccc2ccccc12. The molecule has 0 radical (unpaired) electrons. The Bertz CT molecular complexity index is 1420. The molecule has 0 saturated carbocycles. The van der Waals surface area contributed by atoms with E-state index in [4.69, 9.17) is 0 Å². The number of para-hydroxylation sites is 1. The van der Waals surface area contributed by atoms with Crippen molar-refractivity contribution in [3.8, 4) is 0 Å². The van der Waals surface area contributed by atoms with Crippen LogP contribution in [0.4, 0.5) is 10.1 Å². The lowest BCUT2D eigenvalue weighted by molar-refractivity contribution is -0.119. The van der Waals surface area contributed by atoms with Crippen LogP contribution < -0.4 is 9.62 Å². The van der Waals surface area contributed by atoms with Crippen molar-refractivity contribution in [2.24, 2.45) is 5.92 Å². The van der Waals surface area contributed by atoms with Crippen molar-refractivity contribution in [1.82, 2.24) is 5.32 Å². The molecule has 1 N–H and O–H groups in total. The van der Waals surface area contributed by atoms with Gasteiger partial charge in [0.2, 0.25) is 5.91 Å². The molecule has 180 valence electrons. The van der Waals surface area contributed by atoms with Gasteiger partial charge in [-0.25, -0.2) is 12.8 Å². The van der Waals surface area contributed by atoms with Crippen LogP contribution >= 0.6 is 0 Å². The zero-order valence-corrected chi connectivity index (χ0v) is 20.2. The molecule has 0 fully saturated rings. The van der Waals surface area contributed by atoms with E-state index in [1.54, 1.807) is 18.2 Å². The number of hydrogen-bond acceptors (Lipinski definition) is 3. The molecule has 4 aromatic carbocycles. The second kappa shape index (κ2) is 10.7. The molecule has 0 saturated heterocycles. The summed E-state index contributed by atoms with van der Waals surface area (Å²) in [5, 5.41) is 5.16. The molecule has 0 aromatic heterocycles. The average Bonchev–Trinajstić information content (AvgIpc) is 2.87. The van der Waals surface area contributed by atoms with Gasteiger partial charge in [0.1, 0.15) is 12.4 Å². The van der Waals surface area contributed by atoms with Gasteiger partial charge in [-0.1, -0.05) is 79.7 Å². The van der Waals surface area contributed by atoms with Crippen LogP contribution in [-0.2, 0) is 21.2 Å². The second-order valence-corrected chi connectivity index (χ2v) is 10.4. The number of rotatable bonds is 9. The number of halogens is 1. The zero-order chi connectivity index (χ0) is 24.8. The van der Waals surface area contributed by atoms with E-state index < -0.39 is 28.3 Å². The predicted octanol–water partition coefficient (Wildman–Crippen LogP) is 5.17. The molecule has 4 aromatic rings. The fourth-order valence-electron chi connectivity index (χ4n) is 4.07. The minimum Gasteiger partial charge on any atom is -0.354 e. The van der Waals surface area contributed by atoms with E-state index in [1.807, 2.05) is 25.1 Å². The highest BCUT2D eigenvalue weighted by Crippen LogP contribution is 2.26. The van der Waals surface area contributed by atoms with Gasteiger partial charge >= 0.3 is 0 Å². The van der Waals surface area contributed by atoms with Crippen molar-refractivity contribution in [1.29, 1.82) is 0 Å². The molecule has 7 heteroatoms. The topological polar surface area (TPSA) is 66.5 Å². The Hall–Kier alpha value is -3.71. The van der Waals surface area contributed by atoms with Crippen LogP contribution in [0.1, 0.15) is 12.5 Å². The molecule has 1 atom stereocenters. The van der Waals surface area contributed by atoms with Crippen molar-refractivity contribution >= 4 is 32.4 Å². The second-order valence-electron chi connectivity index (χ2n) is 8.53. The van der Waals surface area contributed by atoms with Gasteiger partial charge in [0.25, 0.3) is 10.0 Å². The van der Waals surface area contributed by atoms with Crippen LogP contribution in [0, 0.1) is 11.7 Å². The van der Waals surface area contributed by atoms with E-state index in [0.717, 1.165) is 16.1 Å². The average molecular weight is 491 g/mol.